The Morgan fingerprint density at radius 2 is 1.88 bits per heavy atom. The van der Waals surface area contributed by atoms with Crippen LogP contribution in [0.15, 0.2) is 48.7 Å². The van der Waals surface area contributed by atoms with Gasteiger partial charge in [-0.3, -0.25) is 4.79 Å². The maximum Gasteiger partial charge on any atom is 0.377 e. The molecule has 2 aromatic carbocycles. The number of hydrogen-bond acceptors (Lipinski definition) is 4. The van der Waals surface area contributed by atoms with Gasteiger partial charge in [0.15, 0.2) is 11.5 Å². The van der Waals surface area contributed by atoms with Crippen LogP contribution >= 0.6 is 0 Å². The second-order valence-electron chi connectivity index (χ2n) is 5.16. The lowest BCUT2D eigenvalue weighted by Crippen LogP contribution is -2.12. The molecule has 1 aromatic heterocycles. The highest BCUT2D eigenvalue weighted by atomic mass is 16.5. The summed E-state index contributed by atoms with van der Waals surface area (Å²) in [6.07, 6.45) is 1.38. The second kappa shape index (κ2) is 6.45. The van der Waals surface area contributed by atoms with E-state index in [-0.39, 0.29) is 5.56 Å². The Kier molecular flexibility index (Phi) is 4.20. The smallest absolute Gasteiger partial charge is 0.377 e. The minimum Gasteiger partial charge on any atom is -0.493 e. The van der Waals surface area contributed by atoms with E-state index in [9.17, 15) is 9.59 Å². The van der Waals surface area contributed by atoms with Crippen molar-refractivity contribution in [3.05, 3.63) is 59.8 Å². The van der Waals surface area contributed by atoms with Gasteiger partial charge in [-0.15, -0.1) is 0 Å². The fraction of sp³-hybridized carbons (Fsp3) is 0.111. The number of rotatable bonds is 6. The lowest BCUT2D eigenvalue weighted by Gasteiger charge is -2.11. The normalized spacial score (nSPS) is 10.5. The van der Waals surface area contributed by atoms with E-state index < -0.39 is 11.8 Å². The summed E-state index contributed by atoms with van der Waals surface area (Å²) in [5, 5.41) is 9.39. The summed E-state index contributed by atoms with van der Waals surface area (Å²) in [5.74, 6) is -1.54. The first-order chi connectivity index (χ1) is 11.6. The van der Waals surface area contributed by atoms with Crippen molar-refractivity contribution >= 4 is 22.7 Å². The molecule has 0 fully saturated rings. The number of carbonyl (C=O) groups is 2. The summed E-state index contributed by atoms with van der Waals surface area (Å²) < 4.78 is 11.1. The van der Waals surface area contributed by atoms with E-state index in [4.69, 9.17) is 14.6 Å². The number of Topliss-reactive ketones (excluding diaryl/α,β-unsaturated/α-hetero) is 1. The van der Waals surface area contributed by atoms with Gasteiger partial charge in [0.2, 0.25) is 0 Å². The number of hydrogen-bond donors (Lipinski definition) is 2. The average Bonchev–Trinajstić information content (AvgIpc) is 3.01. The Hall–Kier alpha value is -3.28. The van der Waals surface area contributed by atoms with Crippen molar-refractivity contribution in [1.29, 1.82) is 0 Å². The zero-order valence-electron chi connectivity index (χ0n) is 12.9. The molecule has 0 unspecified atom stereocenters. The van der Waals surface area contributed by atoms with E-state index in [1.165, 1.54) is 13.3 Å². The van der Waals surface area contributed by atoms with E-state index in [0.717, 1.165) is 5.56 Å². The number of H-pyrrole nitrogens is 1. The highest BCUT2D eigenvalue weighted by molar-refractivity contribution is 6.42. The van der Waals surface area contributed by atoms with Crippen LogP contribution in [0.4, 0.5) is 0 Å². The molecule has 122 valence electrons. The van der Waals surface area contributed by atoms with Gasteiger partial charge in [-0.25, -0.2) is 4.79 Å². The molecule has 0 aliphatic heterocycles. The molecule has 0 bridgehead atoms. The Morgan fingerprint density at radius 1 is 1.12 bits per heavy atom. The van der Waals surface area contributed by atoms with Crippen molar-refractivity contribution in [3.63, 3.8) is 0 Å². The third-order valence-corrected chi connectivity index (χ3v) is 3.64. The molecule has 0 radical (unpaired) electrons. The first kappa shape index (κ1) is 15.6. The largest absolute Gasteiger partial charge is 0.493 e. The summed E-state index contributed by atoms with van der Waals surface area (Å²) >= 11 is 0. The predicted molar refractivity (Wildman–Crippen MR) is 87.6 cm³/mol. The van der Waals surface area contributed by atoms with Gasteiger partial charge in [-0.2, -0.15) is 0 Å². The van der Waals surface area contributed by atoms with Crippen LogP contribution in [-0.4, -0.2) is 29.0 Å². The molecule has 0 saturated carbocycles. The van der Waals surface area contributed by atoms with Crippen LogP contribution in [0.5, 0.6) is 11.5 Å². The van der Waals surface area contributed by atoms with E-state index in [0.29, 0.717) is 29.0 Å². The quantitative estimate of drug-likeness (QED) is 0.537. The maximum absolute atomic E-state index is 11.8. The number of carbonyl (C=O) groups excluding carboxylic acids is 1. The van der Waals surface area contributed by atoms with E-state index >= 15 is 0 Å². The van der Waals surface area contributed by atoms with Gasteiger partial charge in [0.05, 0.1) is 18.2 Å². The summed E-state index contributed by atoms with van der Waals surface area (Å²) in [5.41, 5.74) is 1.67. The number of carboxylic acids is 1. The zero-order chi connectivity index (χ0) is 17.1. The van der Waals surface area contributed by atoms with E-state index in [1.807, 2.05) is 30.3 Å². The van der Waals surface area contributed by atoms with Crippen molar-refractivity contribution in [1.82, 2.24) is 4.98 Å². The van der Waals surface area contributed by atoms with Gasteiger partial charge in [0.1, 0.15) is 6.61 Å². The molecule has 6 heteroatoms. The van der Waals surface area contributed by atoms with Crippen molar-refractivity contribution in [2.24, 2.45) is 0 Å². The number of ketones is 1. The topological polar surface area (TPSA) is 88.6 Å². The van der Waals surface area contributed by atoms with Crippen LogP contribution in [0, 0.1) is 0 Å². The third kappa shape index (κ3) is 2.94. The molecular weight excluding hydrogens is 310 g/mol. The number of aromatic nitrogens is 1. The van der Waals surface area contributed by atoms with Crippen molar-refractivity contribution < 1.29 is 24.2 Å². The van der Waals surface area contributed by atoms with Crippen LogP contribution in [-0.2, 0) is 11.4 Å². The number of fused-ring (bicyclic) bond motifs is 1. The molecule has 2 N–H and O–H groups in total. The highest BCUT2D eigenvalue weighted by Crippen LogP contribution is 2.34. The molecule has 3 aromatic rings. The van der Waals surface area contributed by atoms with Crippen LogP contribution in [0.3, 0.4) is 0 Å². The monoisotopic (exact) mass is 325 g/mol. The first-order valence-corrected chi connectivity index (χ1v) is 7.23. The Morgan fingerprint density at radius 3 is 2.54 bits per heavy atom. The minimum absolute atomic E-state index is 0.0877. The van der Waals surface area contributed by atoms with Crippen molar-refractivity contribution in [3.8, 4) is 11.5 Å². The number of ether oxygens (including phenoxy) is 2. The van der Waals surface area contributed by atoms with Gasteiger partial charge in [0, 0.05) is 17.6 Å². The molecular formula is C18H15NO5. The lowest BCUT2D eigenvalue weighted by atomic mass is 10.1. The maximum atomic E-state index is 11.8. The Balaban J connectivity index is 1.98. The van der Waals surface area contributed by atoms with Gasteiger partial charge in [-0.1, -0.05) is 30.3 Å². The number of carboxylic acid groups (broad SMARTS) is 1. The molecule has 1 heterocycles. The molecule has 0 aliphatic rings. The number of benzene rings is 2. The standard InChI is InChI=1S/C18H15NO5/c1-23-15-8-14-12(13(9-19-14)17(20)18(21)22)7-16(15)24-10-11-5-3-2-4-6-11/h2-9,19H,10H2,1H3,(H,21,22). The van der Waals surface area contributed by atoms with E-state index in [1.54, 1.807) is 12.1 Å². The average molecular weight is 325 g/mol. The van der Waals surface area contributed by atoms with Gasteiger partial charge in [0.25, 0.3) is 5.78 Å². The summed E-state index contributed by atoms with van der Waals surface area (Å²) in [7, 11) is 1.52. The predicted octanol–water partition coefficient (Wildman–Crippen LogP) is 3.02. The molecule has 24 heavy (non-hydrogen) atoms. The van der Waals surface area contributed by atoms with Crippen LogP contribution in [0.1, 0.15) is 15.9 Å². The molecule has 0 aliphatic carbocycles. The Bertz CT molecular complexity index is 898. The summed E-state index contributed by atoms with van der Waals surface area (Å²) in [6.45, 7) is 0.329. The molecule has 0 amide bonds. The second-order valence-corrected chi connectivity index (χ2v) is 5.16. The third-order valence-electron chi connectivity index (χ3n) is 3.64. The van der Waals surface area contributed by atoms with Crippen molar-refractivity contribution in [2.45, 2.75) is 6.61 Å². The SMILES string of the molecule is COc1cc2[nH]cc(C(=O)C(=O)O)c2cc1OCc1ccccc1. The van der Waals surface area contributed by atoms with Crippen LogP contribution in [0.25, 0.3) is 10.9 Å². The number of methoxy groups -OCH3 is 1. The molecule has 0 saturated heterocycles. The minimum atomic E-state index is -1.50. The number of aliphatic carboxylic acids is 1. The molecule has 3 rings (SSSR count). The molecule has 0 atom stereocenters. The van der Waals surface area contributed by atoms with Crippen LogP contribution in [0.2, 0.25) is 0 Å². The van der Waals surface area contributed by atoms with Crippen LogP contribution < -0.4 is 9.47 Å². The van der Waals surface area contributed by atoms with Gasteiger partial charge < -0.3 is 19.6 Å². The summed E-state index contributed by atoms with van der Waals surface area (Å²) in [6, 6.07) is 12.9. The van der Waals surface area contributed by atoms with E-state index in [2.05, 4.69) is 4.98 Å². The van der Waals surface area contributed by atoms with Gasteiger partial charge >= 0.3 is 5.97 Å². The fourth-order valence-corrected chi connectivity index (χ4v) is 2.44. The fourth-order valence-electron chi connectivity index (χ4n) is 2.44. The zero-order valence-corrected chi connectivity index (χ0v) is 12.9. The van der Waals surface area contributed by atoms with Crippen molar-refractivity contribution in [2.75, 3.05) is 7.11 Å². The highest BCUT2D eigenvalue weighted by Gasteiger charge is 2.20. The molecule has 0 spiro atoms. The Labute approximate surface area is 137 Å². The summed E-state index contributed by atoms with van der Waals surface area (Å²) in [4.78, 5) is 25.6. The van der Waals surface area contributed by atoms with Gasteiger partial charge in [-0.05, 0) is 11.6 Å². The number of nitrogens with one attached hydrogen (secondary N) is 1. The molecule has 6 nitrogen and oxygen atoms in total. The first-order valence-electron chi connectivity index (χ1n) is 7.23. The number of aromatic amines is 1. The lowest BCUT2D eigenvalue weighted by molar-refractivity contribution is -0.131.